The monoisotopic (exact) mass is 545 g/mol. The number of alkyl halides is 1. The first-order valence-electron chi connectivity index (χ1n) is 14.5. The smallest absolute Gasteiger partial charge is 0.246 e. The summed E-state index contributed by atoms with van der Waals surface area (Å²) in [5.74, 6) is 0.561. The minimum Gasteiger partial charge on any atom is -0.490 e. The number of hydrazine groups is 1. The highest BCUT2D eigenvalue weighted by Crippen LogP contribution is 2.33. The van der Waals surface area contributed by atoms with Crippen molar-refractivity contribution < 1.29 is 13.9 Å². The number of halogens is 1. The standard InChI is InChI=1S/C27H44FN9O2/c1-4-24(38)35(3)17-12-36(13-17)22-8-6-20-26(34-22)27(31-14-29-20)33-19-5-7-21(16(2)25(19)28)39-18-9-10-37-23(11-18)30-15-32-37/h4,9-11,16-17,19-23,25-27,29-34H,1,5-8,12-15H2,2-3H3. The van der Waals surface area contributed by atoms with E-state index in [9.17, 15) is 4.79 Å². The molecule has 6 rings (SSSR count). The summed E-state index contributed by atoms with van der Waals surface area (Å²) in [7, 11) is 1.85. The maximum atomic E-state index is 15.8. The average molecular weight is 546 g/mol. The SMILES string of the molecule is C=CC(=O)N(C)C1CN(C2CCC3NCNC(NC4CCC(OC5=CC6NCNN6C=C5)C(C)C4F)C3N2)C1. The number of ether oxygens (including phenoxy) is 1. The number of carbonyl (C=O) groups is 1. The van der Waals surface area contributed by atoms with Crippen molar-refractivity contribution in [3.8, 4) is 0 Å². The number of piperidine rings is 1. The molecule has 5 aliphatic heterocycles. The summed E-state index contributed by atoms with van der Waals surface area (Å²) in [6.45, 7) is 8.71. The summed E-state index contributed by atoms with van der Waals surface area (Å²) in [6, 6.07) is 0.481. The van der Waals surface area contributed by atoms with Gasteiger partial charge in [-0.3, -0.25) is 41.3 Å². The summed E-state index contributed by atoms with van der Waals surface area (Å²) >= 11 is 0. The van der Waals surface area contributed by atoms with Crippen LogP contribution in [0.4, 0.5) is 4.39 Å². The lowest BCUT2D eigenvalue weighted by molar-refractivity contribution is -0.131. The van der Waals surface area contributed by atoms with E-state index < -0.39 is 6.17 Å². The van der Waals surface area contributed by atoms with Gasteiger partial charge in [0.25, 0.3) is 0 Å². The Kier molecular flexibility index (Phi) is 7.95. The third-order valence-corrected chi connectivity index (χ3v) is 9.53. The van der Waals surface area contributed by atoms with Gasteiger partial charge in [-0.25, -0.2) is 9.82 Å². The van der Waals surface area contributed by atoms with Crippen LogP contribution < -0.4 is 32.0 Å². The molecule has 4 saturated heterocycles. The molecule has 6 aliphatic rings. The highest BCUT2D eigenvalue weighted by Gasteiger charge is 2.45. The van der Waals surface area contributed by atoms with Crippen LogP contribution in [0.5, 0.6) is 0 Å². The molecule has 0 aromatic carbocycles. The van der Waals surface area contributed by atoms with Crippen molar-refractivity contribution in [1.29, 1.82) is 0 Å². The predicted octanol–water partition coefficient (Wildman–Crippen LogP) is -0.546. The van der Waals surface area contributed by atoms with E-state index in [4.69, 9.17) is 4.74 Å². The van der Waals surface area contributed by atoms with Crippen molar-refractivity contribution in [1.82, 2.24) is 46.8 Å². The fraction of sp³-hybridized carbons (Fsp3) is 0.741. The molecule has 0 radical (unpaired) electrons. The lowest BCUT2D eigenvalue weighted by atomic mass is 9.82. The number of allylic oxidation sites excluding steroid dienone is 1. The van der Waals surface area contributed by atoms with Crippen LogP contribution >= 0.6 is 0 Å². The minimum atomic E-state index is -0.997. The number of amides is 1. The Labute approximate surface area is 230 Å². The molecule has 0 aromatic rings. The lowest BCUT2D eigenvalue weighted by Gasteiger charge is -2.53. The molecule has 5 fully saturated rings. The predicted molar refractivity (Wildman–Crippen MR) is 146 cm³/mol. The van der Waals surface area contributed by atoms with Crippen LogP contribution in [0.3, 0.4) is 0 Å². The van der Waals surface area contributed by atoms with Crippen molar-refractivity contribution in [3.63, 3.8) is 0 Å². The summed E-state index contributed by atoms with van der Waals surface area (Å²) < 4.78 is 22.1. The molecule has 1 saturated carbocycles. The Morgan fingerprint density at radius 3 is 2.87 bits per heavy atom. The number of rotatable bonds is 7. The maximum Gasteiger partial charge on any atom is 0.246 e. The van der Waals surface area contributed by atoms with Crippen LogP contribution in [0.2, 0.25) is 0 Å². The van der Waals surface area contributed by atoms with Gasteiger partial charge in [0.2, 0.25) is 5.91 Å². The molecule has 9 unspecified atom stereocenters. The number of likely N-dealkylation sites (N-methyl/N-ethyl adjacent to an activating group) is 1. The van der Waals surface area contributed by atoms with Crippen molar-refractivity contribution in [3.05, 3.63) is 36.8 Å². The molecule has 0 aromatic heterocycles. The summed E-state index contributed by atoms with van der Waals surface area (Å²) in [5, 5.41) is 20.0. The van der Waals surface area contributed by atoms with Crippen LogP contribution in [0.15, 0.2) is 36.8 Å². The van der Waals surface area contributed by atoms with Gasteiger partial charge in [-0.2, -0.15) is 0 Å². The van der Waals surface area contributed by atoms with Crippen molar-refractivity contribution in [2.24, 2.45) is 5.92 Å². The van der Waals surface area contributed by atoms with Crippen molar-refractivity contribution >= 4 is 5.91 Å². The highest BCUT2D eigenvalue weighted by molar-refractivity contribution is 5.87. The molecule has 9 atom stereocenters. The van der Waals surface area contributed by atoms with E-state index in [0.717, 1.165) is 44.5 Å². The van der Waals surface area contributed by atoms with Crippen LogP contribution in [0.1, 0.15) is 32.6 Å². The average Bonchev–Trinajstić information content (AvgIpc) is 3.39. The highest BCUT2D eigenvalue weighted by atomic mass is 19.1. The van der Waals surface area contributed by atoms with E-state index >= 15 is 4.39 Å². The van der Waals surface area contributed by atoms with Gasteiger partial charge >= 0.3 is 0 Å². The third kappa shape index (κ3) is 5.48. The maximum absolute atomic E-state index is 15.8. The summed E-state index contributed by atoms with van der Waals surface area (Å²) in [5.41, 5.74) is 3.22. The molecular formula is C27H44FN9O2. The fourth-order valence-electron chi connectivity index (χ4n) is 6.94. The Morgan fingerprint density at radius 1 is 1.21 bits per heavy atom. The molecule has 0 spiro atoms. The van der Waals surface area contributed by atoms with E-state index in [1.54, 1.807) is 4.90 Å². The summed E-state index contributed by atoms with van der Waals surface area (Å²) in [6.07, 6.45) is 10.1. The molecule has 1 aliphatic carbocycles. The molecular weight excluding hydrogens is 501 g/mol. The van der Waals surface area contributed by atoms with Gasteiger partial charge in [-0.15, -0.1) is 0 Å². The fourth-order valence-corrected chi connectivity index (χ4v) is 6.94. The molecule has 1 amide bonds. The number of hydrogen-bond donors (Lipinski definition) is 6. The Morgan fingerprint density at radius 2 is 2.05 bits per heavy atom. The van der Waals surface area contributed by atoms with E-state index in [0.29, 0.717) is 19.4 Å². The normalized spacial score (nSPS) is 40.7. The number of hydrogen-bond acceptors (Lipinski definition) is 10. The molecule has 11 nitrogen and oxygen atoms in total. The minimum absolute atomic E-state index is 0.0232. The number of likely N-dealkylation sites (tertiary alicyclic amines) is 1. The van der Waals surface area contributed by atoms with Crippen LogP contribution in [0, 0.1) is 5.92 Å². The van der Waals surface area contributed by atoms with E-state index in [1.165, 1.54) is 6.08 Å². The Bertz CT molecular complexity index is 975. The number of nitrogens with one attached hydrogen (secondary N) is 6. The van der Waals surface area contributed by atoms with Gasteiger partial charge in [-0.05, 0) is 43.9 Å². The molecule has 0 bridgehead atoms. The largest absolute Gasteiger partial charge is 0.490 e. The quantitative estimate of drug-likeness (QED) is 0.234. The van der Waals surface area contributed by atoms with Gasteiger partial charge in [0, 0.05) is 51.0 Å². The van der Waals surface area contributed by atoms with Gasteiger partial charge in [0.15, 0.2) is 0 Å². The Balaban J connectivity index is 1.02. The second-order valence-corrected chi connectivity index (χ2v) is 11.8. The third-order valence-electron chi connectivity index (χ3n) is 9.53. The van der Waals surface area contributed by atoms with Crippen LogP contribution in [0.25, 0.3) is 0 Å². The number of fused-ring (bicyclic) bond motifs is 2. The van der Waals surface area contributed by atoms with E-state index in [1.807, 2.05) is 37.3 Å². The second kappa shape index (κ2) is 11.4. The van der Waals surface area contributed by atoms with Crippen LogP contribution in [-0.2, 0) is 9.53 Å². The van der Waals surface area contributed by atoms with Gasteiger partial charge < -0.3 is 9.64 Å². The first kappa shape index (κ1) is 27.1. The van der Waals surface area contributed by atoms with E-state index in [2.05, 4.69) is 43.5 Å². The number of nitrogens with zero attached hydrogens (tertiary/aromatic N) is 3. The summed E-state index contributed by atoms with van der Waals surface area (Å²) in [4.78, 5) is 16.1. The van der Waals surface area contributed by atoms with Crippen molar-refractivity contribution in [2.75, 3.05) is 33.5 Å². The zero-order valence-corrected chi connectivity index (χ0v) is 23.0. The molecule has 39 heavy (non-hydrogen) atoms. The molecule has 5 heterocycles. The van der Waals surface area contributed by atoms with Crippen LogP contribution in [-0.4, -0.2) is 109 Å². The topological polar surface area (TPSA) is 108 Å². The zero-order valence-electron chi connectivity index (χ0n) is 23.0. The molecule has 6 N–H and O–H groups in total. The first-order chi connectivity index (χ1) is 18.9. The van der Waals surface area contributed by atoms with Gasteiger partial charge in [-0.1, -0.05) is 13.5 Å². The zero-order chi connectivity index (χ0) is 27.1. The Hall–Kier alpha value is -2.06. The first-order valence-corrected chi connectivity index (χ1v) is 14.5. The second-order valence-electron chi connectivity index (χ2n) is 11.8. The number of carbonyl (C=O) groups excluding carboxylic acids is 1. The molecule has 12 heteroatoms. The van der Waals surface area contributed by atoms with Gasteiger partial charge in [0.1, 0.15) is 24.2 Å². The lowest BCUT2D eigenvalue weighted by Crippen LogP contribution is -2.77. The van der Waals surface area contributed by atoms with E-state index in [-0.39, 0.29) is 54.6 Å². The van der Waals surface area contributed by atoms with Crippen molar-refractivity contribution in [2.45, 2.75) is 87.5 Å². The van der Waals surface area contributed by atoms with Gasteiger partial charge in [0.05, 0.1) is 31.1 Å². The molecule has 216 valence electrons.